The van der Waals surface area contributed by atoms with E-state index in [-0.39, 0.29) is 0 Å². The van der Waals surface area contributed by atoms with Gasteiger partial charge in [0.05, 0.1) is 19.8 Å². The van der Waals surface area contributed by atoms with Crippen molar-refractivity contribution in [3.8, 4) is 0 Å². The van der Waals surface area contributed by atoms with Crippen LogP contribution in [0.2, 0.25) is 0 Å². The summed E-state index contributed by atoms with van der Waals surface area (Å²) in [4.78, 5) is 49.7. The molecule has 6 aliphatic rings. The lowest BCUT2D eigenvalue weighted by molar-refractivity contribution is -0.377. The smallest absolute Gasteiger partial charge is 0.397 e. The molecule has 0 aromatic carbocycles. The lowest BCUT2D eigenvalue weighted by Crippen LogP contribution is -2.71. The van der Waals surface area contributed by atoms with Crippen LogP contribution in [0.15, 0.2) is 0 Å². The molecule has 22 N–H and O–H groups in total. The number of ether oxygens (including phenoxy) is 11. The highest BCUT2D eigenvalue weighted by atomic mass is 32.3. The van der Waals surface area contributed by atoms with Crippen molar-refractivity contribution in [2.75, 3.05) is 19.8 Å². The second kappa shape index (κ2) is 31.9. The van der Waals surface area contributed by atoms with E-state index in [0.29, 0.717) is 0 Å². The largest absolute Gasteiger partial charge is 0.479 e. The van der Waals surface area contributed by atoms with Gasteiger partial charge < -0.3 is 124 Å². The maximum absolute atomic E-state index is 12.9. The fourth-order valence-corrected chi connectivity index (χ4v) is 13.0. The molecular formula is C38H61N3O50S6. The number of hydrogen-bond donors (Lipinski definition) is 22. The summed E-state index contributed by atoms with van der Waals surface area (Å²) >= 11 is 0. The highest BCUT2D eigenvalue weighted by Crippen LogP contribution is 2.39. The predicted molar refractivity (Wildman–Crippen MR) is 279 cm³/mol. The molecule has 6 saturated heterocycles. The van der Waals surface area contributed by atoms with Crippen molar-refractivity contribution in [3.05, 3.63) is 0 Å². The van der Waals surface area contributed by atoms with Crippen LogP contribution in [-0.4, -0.2) is 372 Å². The van der Waals surface area contributed by atoms with E-state index in [2.05, 4.69) is 16.7 Å². The van der Waals surface area contributed by atoms with E-state index in [1.165, 1.54) is 9.44 Å². The second-order valence-corrected chi connectivity index (χ2v) is 27.6. The Morgan fingerprint density at radius 3 is 1.10 bits per heavy atom. The highest BCUT2D eigenvalue weighted by molar-refractivity contribution is 7.84. The fourth-order valence-electron chi connectivity index (χ4n) is 10.2. The van der Waals surface area contributed by atoms with Crippen LogP contribution >= 0.6 is 0 Å². The summed E-state index contributed by atoms with van der Waals surface area (Å²) in [6.07, 6.45) is -74.4. The van der Waals surface area contributed by atoms with Gasteiger partial charge in [-0.2, -0.15) is 60.0 Å². The van der Waals surface area contributed by atoms with Crippen LogP contribution in [0.25, 0.3) is 0 Å². The normalized spacial score (nSPS) is 41.3. The van der Waals surface area contributed by atoms with Gasteiger partial charge in [-0.05, 0) is 0 Å². The topological polar surface area (TPSA) is 832 Å². The summed E-state index contributed by atoms with van der Waals surface area (Å²) < 4.78 is 280. The number of amides is 1. The molecule has 30 atom stereocenters. The molecule has 6 aliphatic heterocycles. The molecule has 0 spiro atoms. The molecule has 59 heteroatoms. The number of carboxylic acids is 3. The number of carbonyl (C=O) groups excluding carboxylic acids is 1. The molecule has 6 rings (SSSR count). The van der Waals surface area contributed by atoms with E-state index in [1.54, 1.807) is 0 Å². The molecule has 97 heavy (non-hydrogen) atoms. The van der Waals surface area contributed by atoms with Crippen molar-refractivity contribution in [1.82, 2.24) is 14.8 Å². The van der Waals surface area contributed by atoms with Crippen LogP contribution in [0.4, 0.5) is 0 Å². The number of carbonyl (C=O) groups is 4. The first kappa shape index (κ1) is 82.2. The van der Waals surface area contributed by atoms with E-state index < -0.39 is 290 Å². The molecule has 564 valence electrons. The first-order valence-corrected chi connectivity index (χ1v) is 34.6. The van der Waals surface area contributed by atoms with Crippen molar-refractivity contribution in [2.24, 2.45) is 0 Å². The van der Waals surface area contributed by atoms with Gasteiger partial charge in [0.1, 0.15) is 116 Å². The zero-order valence-corrected chi connectivity index (χ0v) is 52.4. The number of carboxylic acid groups (broad SMARTS) is 3. The standard InChI is InChI=1S/C38H61N3O50S6/c1-5(43)39-9-12(44)21(7(79-33(9)58)3-77-94(65,66)67)83-38-27(91-97(74,75)76)19(51)24(29(89-38)32(56)57)86-34-10(40-92(59,60)61)13(45)20(6(2-42)80-34)82-36-18(50)17(49)23(28(88-36)31(54)55)85-35-11(41-93(62,63)64)14(46)22(8(81-35)4-78-95(68,69)70)84-37-26(90-96(71,72)73)16(48)15(47)25(87-37)30(52)53/h6-29,33-38,40-42,44-51,58H,2-4H2,1H3,(H,39,43)(H,52,53)(H,54,55)(H,56,57)(H,59,60,61)(H,62,63,64)(H,65,66,67)(H,68,69,70)(H,71,72,73)(H,74,75,76)/t6-,7+,8-,9-,10+,11+,12?,13+,14+,15+,16-,17+,18-,19?,20-,21-,22-,23+,24+,25-,26+,27-,28-,29-,33+,34-,35-,36-,37-,38-/m0/s1. The van der Waals surface area contributed by atoms with Gasteiger partial charge in [-0.15, -0.1) is 0 Å². The van der Waals surface area contributed by atoms with Gasteiger partial charge in [0, 0.05) is 6.92 Å². The minimum Gasteiger partial charge on any atom is -0.479 e. The summed E-state index contributed by atoms with van der Waals surface area (Å²) in [5.41, 5.74) is 0. The van der Waals surface area contributed by atoms with Crippen molar-refractivity contribution < 1.29 is 232 Å². The molecule has 0 bridgehead atoms. The highest BCUT2D eigenvalue weighted by Gasteiger charge is 2.61. The molecule has 0 aliphatic carbocycles. The first-order valence-electron chi connectivity index (χ1n) is 26.2. The summed E-state index contributed by atoms with van der Waals surface area (Å²) in [6.45, 7) is -3.97. The molecule has 2 unspecified atom stereocenters. The Balaban J connectivity index is 1.30. The number of aliphatic hydroxyl groups excluding tert-OH is 10. The van der Waals surface area contributed by atoms with Gasteiger partial charge >= 0.3 is 80.1 Å². The summed E-state index contributed by atoms with van der Waals surface area (Å²) in [5, 5.41) is 144. The molecule has 53 nitrogen and oxygen atoms in total. The number of rotatable bonds is 29. The van der Waals surface area contributed by atoms with Crippen LogP contribution in [0.3, 0.4) is 0 Å². The SMILES string of the molecule is CC(=O)N[C@H]1C(O)[C@@H](O[C@H]2O[C@H](C(=O)O)[C@H](O[C@@H]3O[C@@H](CO)[C@H](O[C@H]4O[C@H](C(=O)O)[C@H](O[C@@H]5O[C@@H](COS(=O)(=O)O)[C@H](O[C@H]6O[C@H](C(=O)O)[C@H](O)[C@H](O)[C@H]6OS(=O)(=O)O)[C@H](O)[C@H]5NS(=O)(=O)O)[C@H](O)[C@@H]4O)[C@H](O)[C@H]3NS(=O)(=O)O)C(O)[C@@H]2OS(=O)(=O)O)[C@@H](COS(=O)(=O)O)O[C@H]1O. The van der Waals surface area contributed by atoms with Gasteiger partial charge in [0.25, 0.3) is 0 Å². The van der Waals surface area contributed by atoms with Crippen molar-refractivity contribution in [1.29, 1.82) is 0 Å². The molecule has 0 radical (unpaired) electrons. The monoisotopic (exact) mass is 1550 g/mol. The third-order valence-corrected chi connectivity index (χ3v) is 17.1. The third kappa shape index (κ3) is 21.7. The number of aliphatic hydroxyl groups is 10. The van der Waals surface area contributed by atoms with Crippen molar-refractivity contribution in [3.63, 3.8) is 0 Å². The third-order valence-electron chi connectivity index (χ3n) is 14.2. The van der Waals surface area contributed by atoms with E-state index in [0.717, 1.165) is 6.92 Å². The summed E-state index contributed by atoms with van der Waals surface area (Å²) in [7, 11) is -34.6. The molecule has 0 aromatic rings. The number of aliphatic carboxylic acids is 3. The van der Waals surface area contributed by atoms with Gasteiger partial charge in [-0.1, -0.05) is 0 Å². The van der Waals surface area contributed by atoms with E-state index in [1.807, 2.05) is 5.32 Å². The average molecular weight is 1550 g/mol. The quantitative estimate of drug-likeness (QED) is 0.0309. The fraction of sp³-hybridized carbons (Fsp3) is 0.895. The minimum atomic E-state index is -5.99. The molecule has 0 saturated carbocycles. The van der Waals surface area contributed by atoms with Crippen LogP contribution in [0.1, 0.15) is 6.92 Å². The van der Waals surface area contributed by atoms with Gasteiger partial charge in [0.2, 0.25) is 5.91 Å². The number of hydrogen-bond acceptors (Lipinski definition) is 41. The Morgan fingerprint density at radius 2 is 0.711 bits per heavy atom. The Morgan fingerprint density at radius 1 is 0.371 bits per heavy atom. The van der Waals surface area contributed by atoms with Crippen LogP contribution < -0.4 is 14.8 Å². The first-order chi connectivity index (χ1) is 44.3. The number of nitrogens with one attached hydrogen (secondary N) is 3. The van der Waals surface area contributed by atoms with E-state index >= 15 is 0 Å². The van der Waals surface area contributed by atoms with Gasteiger partial charge in [-0.25, -0.2) is 31.1 Å². The Labute approximate surface area is 541 Å². The Bertz CT molecular complexity index is 3480. The zero-order chi connectivity index (χ0) is 73.5. The molecule has 1 amide bonds. The predicted octanol–water partition coefficient (Wildman–Crippen LogP) is -15.6. The van der Waals surface area contributed by atoms with E-state index in [9.17, 15) is 163 Å². The van der Waals surface area contributed by atoms with Crippen molar-refractivity contribution >= 4 is 86.0 Å². The molecule has 6 fully saturated rings. The van der Waals surface area contributed by atoms with Gasteiger partial charge in [-0.3, -0.25) is 32.1 Å². The summed E-state index contributed by atoms with van der Waals surface area (Å²) in [6, 6.07) is -7.65. The molecule has 6 heterocycles. The zero-order valence-electron chi connectivity index (χ0n) is 47.5. The molecular weight excluding hydrogens is 1490 g/mol. The van der Waals surface area contributed by atoms with Crippen LogP contribution in [0.5, 0.6) is 0 Å². The summed E-state index contributed by atoms with van der Waals surface area (Å²) in [5.74, 6) is -7.87. The maximum atomic E-state index is 12.9. The lowest BCUT2D eigenvalue weighted by Gasteiger charge is -2.50. The van der Waals surface area contributed by atoms with Crippen molar-refractivity contribution in [2.45, 2.75) is 191 Å². The second-order valence-electron chi connectivity index (χ2n) is 20.9. The van der Waals surface area contributed by atoms with Gasteiger partial charge in [0.15, 0.2) is 68.3 Å². The Hall–Kier alpha value is -3.74. The lowest BCUT2D eigenvalue weighted by atomic mass is 9.94. The van der Waals surface area contributed by atoms with Crippen LogP contribution in [-0.2, 0) is 150 Å². The van der Waals surface area contributed by atoms with E-state index in [4.69, 9.17) is 52.1 Å². The molecule has 0 aromatic heterocycles. The van der Waals surface area contributed by atoms with Crippen LogP contribution in [0, 0.1) is 0 Å². The minimum absolute atomic E-state index is 0.827. The average Bonchev–Trinajstić information content (AvgIpc) is 0.770. The Kier molecular flexibility index (Phi) is 27.0. The maximum Gasteiger partial charge on any atom is 0.397 e.